The minimum absolute atomic E-state index is 0.208. The molecule has 3 aromatic carbocycles. The van der Waals surface area contributed by atoms with Crippen LogP contribution in [0.1, 0.15) is 16.7 Å². The van der Waals surface area contributed by atoms with Crippen LogP contribution in [0.2, 0.25) is 0 Å². The molecule has 1 nitrogen and oxygen atoms in total. The van der Waals surface area contributed by atoms with Crippen LogP contribution in [-0.4, -0.2) is 0 Å². The zero-order valence-electron chi connectivity index (χ0n) is 15.0. The van der Waals surface area contributed by atoms with Gasteiger partial charge in [-0.05, 0) is 45.2 Å². The van der Waals surface area contributed by atoms with Gasteiger partial charge in [0.15, 0.2) is 23.3 Å². The maximum absolute atomic E-state index is 14.1. The summed E-state index contributed by atoms with van der Waals surface area (Å²) >= 11 is 0. The van der Waals surface area contributed by atoms with Gasteiger partial charge in [-0.25, -0.2) is 22.0 Å². The van der Waals surface area contributed by atoms with Gasteiger partial charge in [0.2, 0.25) is 5.82 Å². The predicted octanol–water partition coefficient (Wildman–Crippen LogP) is 5.21. The summed E-state index contributed by atoms with van der Waals surface area (Å²) in [6.07, 6.45) is 0. The fourth-order valence-electron chi connectivity index (χ4n) is 2.82. The predicted molar refractivity (Wildman–Crippen MR) is 101 cm³/mol. The van der Waals surface area contributed by atoms with Crippen molar-refractivity contribution in [3.05, 3.63) is 88.2 Å². The van der Waals surface area contributed by atoms with Crippen molar-refractivity contribution in [2.45, 2.75) is 20.5 Å². The van der Waals surface area contributed by atoms with E-state index in [1.54, 1.807) is 19.9 Å². The Morgan fingerprint density at radius 2 is 1.36 bits per heavy atom. The van der Waals surface area contributed by atoms with E-state index < -0.39 is 43.0 Å². The third kappa shape index (κ3) is 4.02. The van der Waals surface area contributed by atoms with Crippen LogP contribution in [0.15, 0.2) is 42.5 Å². The molecular formula is C21H16F5OP. The standard InChI is InChI=1S/C21H16F5OP/c1-11-8-12(2)20(27-10-13-6-4-3-5-7-13)14(9-11)28-21-18(25)16(23)15(22)17(24)19(21)26/h3-9,28H,10H2,1-2H3. The Kier molecular flexibility index (Phi) is 5.99. The molecule has 0 aromatic heterocycles. The van der Waals surface area contributed by atoms with Crippen molar-refractivity contribution < 1.29 is 26.7 Å². The Morgan fingerprint density at radius 1 is 0.786 bits per heavy atom. The molecule has 28 heavy (non-hydrogen) atoms. The molecule has 0 radical (unpaired) electrons. The largest absolute Gasteiger partial charge is 0.488 e. The number of rotatable bonds is 5. The fraction of sp³-hybridized carbons (Fsp3) is 0.143. The molecule has 0 fully saturated rings. The molecule has 0 aliphatic heterocycles. The first-order valence-electron chi connectivity index (χ1n) is 8.36. The van der Waals surface area contributed by atoms with E-state index in [4.69, 9.17) is 4.74 Å². The van der Waals surface area contributed by atoms with Gasteiger partial charge in [-0.1, -0.05) is 36.4 Å². The summed E-state index contributed by atoms with van der Waals surface area (Å²) in [5, 5.41) is -0.484. The maximum Gasteiger partial charge on any atom is 0.200 e. The lowest BCUT2D eigenvalue weighted by Gasteiger charge is -2.16. The minimum Gasteiger partial charge on any atom is -0.488 e. The highest BCUT2D eigenvalue weighted by Crippen LogP contribution is 2.29. The lowest BCUT2D eigenvalue weighted by molar-refractivity contribution is 0.307. The van der Waals surface area contributed by atoms with Crippen LogP contribution < -0.4 is 15.3 Å². The summed E-state index contributed by atoms with van der Waals surface area (Å²) in [5.74, 6) is -9.32. The zero-order chi connectivity index (χ0) is 20.4. The highest BCUT2D eigenvalue weighted by atomic mass is 31.1. The Balaban J connectivity index is 2.01. The topological polar surface area (TPSA) is 9.23 Å². The van der Waals surface area contributed by atoms with E-state index in [1.165, 1.54) is 0 Å². The lowest BCUT2D eigenvalue weighted by Crippen LogP contribution is -2.20. The molecule has 0 saturated carbocycles. The van der Waals surface area contributed by atoms with Crippen LogP contribution in [0, 0.1) is 42.9 Å². The van der Waals surface area contributed by atoms with Gasteiger partial charge in [0.05, 0.1) is 5.30 Å². The smallest absolute Gasteiger partial charge is 0.200 e. The van der Waals surface area contributed by atoms with Crippen molar-refractivity contribution in [2.75, 3.05) is 0 Å². The second kappa shape index (κ2) is 8.27. The molecule has 0 amide bonds. The molecule has 0 N–H and O–H groups in total. The van der Waals surface area contributed by atoms with E-state index in [1.807, 2.05) is 36.4 Å². The summed E-state index contributed by atoms with van der Waals surface area (Å²) in [4.78, 5) is 0. The first-order valence-corrected chi connectivity index (χ1v) is 9.36. The average Bonchev–Trinajstić information content (AvgIpc) is 2.68. The summed E-state index contributed by atoms with van der Waals surface area (Å²) in [7, 11) is -0.799. The highest BCUT2D eigenvalue weighted by Gasteiger charge is 2.26. The van der Waals surface area contributed by atoms with E-state index >= 15 is 0 Å². The van der Waals surface area contributed by atoms with E-state index in [2.05, 4.69) is 0 Å². The van der Waals surface area contributed by atoms with Gasteiger partial charge in [0.1, 0.15) is 12.4 Å². The highest BCUT2D eigenvalue weighted by molar-refractivity contribution is 7.55. The van der Waals surface area contributed by atoms with Gasteiger partial charge in [-0.15, -0.1) is 0 Å². The first kappa shape index (κ1) is 20.3. The Bertz CT molecular complexity index is 992. The summed E-state index contributed by atoms with van der Waals surface area (Å²) in [6, 6.07) is 12.7. The zero-order valence-corrected chi connectivity index (χ0v) is 16.0. The van der Waals surface area contributed by atoms with Crippen molar-refractivity contribution in [1.82, 2.24) is 0 Å². The second-order valence-corrected chi connectivity index (χ2v) is 7.59. The van der Waals surface area contributed by atoms with Gasteiger partial charge < -0.3 is 4.74 Å². The average molecular weight is 410 g/mol. The monoisotopic (exact) mass is 410 g/mol. The van der Waals surface area contributed by atoms with Crippen LogP contribution in [0.4, 0.5) is 22.0 Å². The molecular weight excluding hydrogens is 394 g/mol. The molecule has 0 spiro atoms. The second-order valence-electron chi connectivity index (χ2n) is 6.30. The number of halogens is 5. The molecule has 0 heterocycles. The first-order chi connectivity index (χ1) is 13.3. The number of hydrogen-bond acceptors (Lipinski definition) is 1. The minimum atomic E-state index is -2.16. The van der Waals surface area contributed by atoms with Gasteiger partial charge in [-0.2, -0.15) is 0 Å². The van der Waals surface area contributed by atoms with Gasteiger partial charge >= 0.3 is 0 Å². The molecule has 7 heteroatoms. The van der Waals surface area contributed by atoms with Gasteiger partial charge in [0, 0.05) is 5.30 Å². The third-order valence-electron chi connectivity index (χ3n) is 4.11. The molecule has 0 aliphatic carbocycles. The summed E-state index contributed by atoms with van der Waals surface area (Å²) < 4.78 is 74.5. The molecule has 0 aliphatic rings. The maximum atomic E-state index is 14.1. The Morgan fingerprint density at radius 3 is 1.96 bits per heavy atom. The van der Waals surface area contributed by atoms with Crippen LogP contribution in [0.5, 0.6) is 5.75 Å². The van der Waals surface area contributed by atoms with E-state index in [9.17, 15) is 22.0 Å². The number of benzene rings is 3. The van der Waals surface area contributed by atoms with Crippen LogP contribution in [0.3, 0.4) is 0 Å². The van der Waals surface area contributed by atoms with Gasteiger partial charge in [-0.3, -0.25) is 0 Å². The van der Waals surface area contributed by atoms with E-state index in [0.29, 0.717) is 16.6 Å². The van der Waals surface area contributed by atoms with Crippen molar-refractivity contribution in [1.29, 1.82) is 0 Å². The number of ether oxygens (including phenoxy) is 1. The van der Waals surface area contributed by atoms with Crippen LogP contribution in [0.25, 0.3) is 0 Å². The SMILES string of the molecule is Cc1cc(C)c(OCc2ccccc2)c(Pc2c(F)c(F)c(F)c(F)c2F)c1. The Hall–Kier alpha value is -2.46. The number of aryl methyl sites for hydroxylation is 2. The lowest BCUT2D eigenvalue weighted by atomic mass is 10.1. The molecule has 3 aromatic rings. The van der Waals surface area contributed by atoms with E-state index in [0.717, 1.165) is 11.1 Å². The van der Waals surface area contributed by atoms with Crippen molar-refractivity contribution in [3.8, 4) is 5.75 Å². The third-order valence-corrected chi connectivity index (χ3v) is 5.44. The quantitative estimate of drug-likeness (QED) is 0.243. The summed E-state index contributed by atoms with van der Waals surface area (Å²) in [6.45, 7) is 3.75. The molecule has 0 saturated heterocycles. The van der Waals surface area contributed by atoms with Crippen molar-refractivity contribution in [2.24, 2.45) is 0 Å². The molecule has 3 rings (SSSR count). The molecule has 1 unspecified atom stereocenters. The van der Waals surface area contributed by atoms with Crippen LogP contribution in [-0.2, 0) is 6.61 Å². The van der Waals surface area contributed by atoms with E-state index in [-0.39, 0.29) is 6.61 Å². The number of hydrogen-bond donors (Lipinski definition) is 0. The summed E-state index contributed by atoms with van der Waals surface area (Å²) in [5.41, 5.74) is 2.38. The molecule has 1 atom stereocenters. The normalized spacial score (nSPS) is 11.4. The Labute approximate surface area is 160 Å². The van der Waals surface area contributed by atoms with Crippen molar-refractivity contribution in [3.63, 3.8) is 0 Å². The molecule has 0 bridgehead atoms. The van der Waals surface area contributed by atoms with Crippen LogP contribution >= 0.6 is 8.58 Å². The fourth-order valence-corrected chi connectivity index (χ4v) is 4.21. The van der Waals surface area contributed by atoms with Crippen molar-refractivity contribution >= 4 is 19.2 Å². The molecule has 146 valence electrons. The van der Waals surface area contributed by atoms with Gasteiger partial charge in [0.25, 0.3) is 0 Å².